The topological polar surface area (TPSA) is 72.8 Å². The van der Waals surface area contributed by atoms with E-state index in [4.69, 9.17) is 18.9 Å². The molecule has 0 unspecified atom stereocenters. The molecule has 0 saturated carbocycles. The molecule has 0 aliphatic carbocycles. The third-order valence-corrected chi connectivity index (χ3v) is 6.94. The van der Waals surface area contributed by atoms with Gasteiger partial charge in [0.25, 0.3) is 0 Å². The molecule has 40 heavy (non-hydrogen) atoms. The number of rotatable bonds is 5. The van der Waals surface area contributed by atoms with Crippen LogP contribution >= 0.6 is 0 Å². The Hall–Kier alpha value is -4.74. The fraction of sp³-hybridized carbons (Fsp3) is 0.179. The smallest absolute Gasteiger partial charge is 0.231 e. The van der Waals surface area contributed by atoms with E-state index in [1.54, 1.807) is 24.3 Å². The van der Waals surface area contributed by atoms with E-state index in [1.165, 1.54) is 19.2 Å². The summed E-state index contributed by atoms with van der Waals surface area (Å²) in [5, 5.41) is 17.7. The third-order valence-electron chi connectivity index (χ3n) is 6.94. The van der Waals surface area contributed by atoms with Crippen molar-refractivity contribution in [3.05, 3.63) is 76.1 Å². The number of halogens is 5. The van der Waals surface area contributed by atoms with Crippen molar-refractivity contribution in [3.8, 4) is 39.9 Å². The van der Waals surface area contributed by atoms with Crippen LogP contribution in [-0.2, 0) is 13.1 Å². The first-order chi connectivity index (χ1) is 19.2. The zero-order chi connectivity index (χ0) is 28.3. The molecular weight excluding hydrogens is 539 g/mol. The van der Waals surface area contributed by atoms with Crippen LogP contribution in [0.1, 0.15) is 16.7 Å². The van der Waals surface area contributed by atoms with Gasteiger partial charge in [0.15, 0.2) is 46.3 Å². The average molecular weight is 558 g/mol. The third kappa shape index (κ3) is 3.81. The monoisotopic (exact) mass is 558 g/mol. The van der Waals surface area contributed by atoms with Gasteiger partial charge in [-0.2, -0.15) is 5.10 Å². The quantitative estimate of drug-likeness (QED) is 0.140. The molecule has 206 valence electrons. The second kappa shape index (κ2) is 9.47. The predicted octanol–water partition coefficient (Wildman–Crippen LogP) is 6.00. The van der Waals surface area contributed by atoms with E-state index < -0.39 is 34.6 Å². The van der Waals surface area contributed by atoms with Crippen molar-refractivity contribution in [2.45, 2.75) is 13.1 Å². The fourth-order valence-electron chi connectivity index (χ4n) is 5.00. The summed E-state index contributed by atoms with van der Waals surface area (Å²) in [6.45, 7) is 0.0934. The predicted molar refractivity (Wildman–Crippen MR) is 133 cm³/mol. The molecule has 2 heterocycles. The van der Waals surface area contributed by atoms with Crippen molar-refractivity contribution >= 4 is 17.0 Å². The lowest BCUT2D eigenvalue weighted by Crippen LogP contribution is -2.11. The summed E-state index contributed by atoms with van der Waals surface area (Å²) in [5.74, 6) is -8.58. The number of ether oxygens (including phenoxy) is 4. The number of benzene rings is 4. The Morgan fingerprint density at radius 3 is 2.08 bits per heavy atom. The summed E-state index contributed by atoms with van der Waals surface area (Å²) in [6, 6.07) is 8.69. The van der Waals surface area contributed by atoms with Gasteiger partial charge in [0.1, 0.15) is 5.75 Å². The number of phenolic OH excluding ortho intramolecular Hbond substituents is 1. The molecule has 7 nitrogen and oxygen atoms in total. The Labute approximate surface area is 223 Å². The molecule has 4 aromatic carbocycles. The van der Waals surface area contributed by atoms with Crippen LogP contribution in [0.4, 0.5) is 22.0 Å². The van der Waals surface area contributed by atoms with Gasteiger partial charge in [-0.25, -0.2) is 22.0 Å². The van der Waals surface area contributed by atoms with Crippen LogP contribution in [0, 0.1) is 29.1 Å². The van der Waals surface area contributed by atoms with E-state index in [0.717, 1.165) is 0 Å². The van der Waals surface area contributed by atoms with Crippen LogP contribution < -0.4 is 18.9 Å². The first-order valence-corrected chi connectivity index (χ1v) is 11.9. The molecule has 12 heteroatoms. The first kappa shape index (κ1) is 25.5. The van der Waals surface area contributed by atoms with E-state index in [2.05, 4.69) is 5.10 Å². The van der Waals surface area contributed by atoms with E-state index >= 15 is 0 Å². The number of aromatic hydroxyl groups is 1. The largest absolute Gasteiger partial charge is 0.507 e. The van der Waals surface area contributed by atoms with Crippen molar-refractivity contribution < 1.29 is 46.0 Å². The summed E-state index contributed by atoms with van der Waals surface area (Å²) in [5.41, 5.74) is 1.32. The number of hydrogen-bond acceptors (Lipinski definition) is 7. The maximum Gasteiger partial charge on any atom is 0.231 e. The van der Waals surface area contributed by atoms with E-state index in [9.17, 15) is 27.1 Å². The maximum atomic E-state index is 14.2. The summed E-state index contributed by atoms with van der Waals surface area (Å²) in [6.07, 6.45) is 0.575. The van der Waals surface area contributed by atoms with E-state index in [-0.39, 0.29) is 25.6 Å². The maximum absolute atomic E-state index is 14.2. The zero-order valence-corrected chi connectivity index (χ0v) is 20.9. The second-order valence-corrected chi connectivity index (χ2v) is 9.05. The van der Waals surface area contributed by atoms with Crippen molar-refractivity contribution in [3.63, 3.8) is 0 Å². The Morgan fingerprint density at radius 2 is 1.40 bits per heavy atom. The molecular formula is C28H19F5N2O5. The van der Waals surface area contributed by atoms with Gasteiger partial charge >= 0.3 is 0 Å². The van der Waals surface area contributed by atoms with Gasteiger partial charge in [0.05, 0.1) is 39.1 Å². The lowest BCUT2D eigenvalue weighted by molar-refractivity contribution is 0.174. The molecule has 1 N–H and O–H groups in total. The Morgan fingerprint density at radius 1 is 0.800 bits per heavy atom. The van der Waals surface area contributed by atoms with Crippen LogP contribution in [0.5, 0.6) is 28.7 Å². The lowest BCUT2D eigenvalue weighted by Gasteiger charge is -2.17. The molecule has 2 aliphatic rings. The van der Waals surface area contributed by atoms with Gasteiger partial charge < -0.3 is 24.1 Å². The SMILES string of the molecule is COc1cc2c(O)c3c(c(-c4ccc5c(c4)OCO5)c2cc1OC)CN(/N=C/c1c(F)c(F)c(F)c(F)c1F)C3. The molecule has 0 amide bonds. The van der Waals surface area contributed by atoms with Gasteiger partial charge in [-0.1, -0.05) is 6.07 Å². The number of methoxy groups -OCH3 is 2. The highest BCUT2D eigenvalue weighted by Crippen LogP contribution is 2.49. The van der Waals surface area contributed by atoms with Crippen LogP contribution in [-0.4, -0.2) is 37.3 Å². The molecule has 0 atom stereocenters. The second-order valence-electron chi connectivity index (χ2n) is 9.05. The highest BCUT2D eigenvalue weighted by molar-refractivity contribution is 6.05. The summed E-state index contributed by atoms with van der Waals surface area (Å²) in [4.78, 5) is 0. The Balaban J connectivity index is 1.51. The number of hydrogen-bond donors (Lipinski definition) is 1. The minimum Gasteiger partial charge on any atom is -0.507 e. The molecule has 0 bridgehead atoms. The van der Waals surface area contributed by atoms with Crippen molar-refractivity contribution in [2.75, 3.05) is 21.0 Å². The molecule has 6 rings (SSSR count). The summed E-state index contributed by atoms with van der Waals surface area (Å²) >= 11 is 0. The Bertz CT molecular complexity index is 1710. The number of nitrogens with zero attached hydrogens (tertiary/aromatic N) is 2. The molecule has 0 saturated heterocycles. The van der Waals surface area contributed by atoms with Gasteiger partial charge in [0.2, 0.25) is 12.6 Å². The summed E-state index contributed by atoms with van der Waals surface area (Å²) < 4.78 is 91.1. The highest BCUT2D eigenvalue weighted by Gasteiger charge is 2.30. The van der Waals surface area contributed by atoms with Crippen molar-refractivity contribution in [2.24, 2.45) is 5.10 Å². The first-order valence-electron chi connectivity index (χ1n) is 11.9. The van der Waals surface area contributed by atoms with Crippen LogP contribution in [0.15, 0.2) is 35.4 Å². The molecule has 0 radical (unpaired) electrons. The zero-order valence-electron chi connectivity index (χ0n) is 20.9. The average Bonchev–Trinajstić information content (AvgIpc) is 3.61. The minimum absolute atomic E-state index is 0.0189. The van der Waals surface area contributed by atoms with Crippen LogP contribution in [0.3, 0.4) is 0 Å². The van der Waals surface area contributed by atoms with Gasteiger partial charge in [0, 0.05) is 10.9 Å². The van der Waals surface area contributed by atoms with Gasteiger partial charge in [-0.15, -0.1) is 0 Å². The standard InChI is InChI=1S/C28H19F5N2O5/c1-37-19-6-13-14(7-20(19)38-2)28(36)17-10-35(34-8-15-23(29)25(31)27(33)26(32)24(15)30)9-16(17)22(13)12-3-4-18-21(5-12)40-11-39-18/h3-8,36H,9-11H2,1-2H3/b34-8+. The van der Waals surface area contributed by atoms with Crippen molar-refractivity contribution in [1.29, 1.82) is 0 Å². The highest BCUT2D eigenvalue weighted by atomic mass is 19.2. The van der Waals surface area contributed by atoms with E-state index in [0.29, 0.717) is 62.2 Å². The summed E-state index contributed by atoms with van der Waals surface area (Å²) in [7, 11) is 2.94. The van der Waals surface area contributed by atoms with Crippen molar-refractivity contribution in [1.82, 2.24) is 5.01 Å². The van der Waals surface area contributed by atoms with Crippen LogP contribution in [0.25, 0.3) is 21.9 Å². The fourth-order valence-corrected chi connectivity index (χ4v) is 5.00. The van der Waals surface area contributed by atoms with E-state index in [1.807, 2.05) is 6.07 Å². The molecule has 0 fully saturated rings. The molecule has 0 aromatic heterocycles. The van der Waals surface area contributed by atoms with Gasteiger partial charge in [-0.3, -0.25) is 5.01 Å². The molecule has 0 spiro atoms. The normalized spacial score (nSPS) is 13.9. The van der Waals surface area contributed by atoms with Gasteiger partial charge in [-0.05, 0) is 46.3 Å². The Kier molecular flexibility index (Phi) is 6.05. The van der Waals surface area contributed by atoms with Crippen LogP contribution in [0.2, 0.25) is 0 Å². The minimum atomic E-state index is -2.25. The molecule has 2 aliphatic heterocycles. The number of hydrazone groups is 1. The lowest BCUT2D eigenvalue weighted by atomic mass is 9.89. The number of fused-ring (bicyclic) bond motifs is 3. The molecule has 4 aromatic rings. The number of phenols is 1.